The number of carboxylic acids is 1. The highest BCUT2D eigenvalue weighted by atomic mass is 16.4. The van der Waals surface area contributed by atoms with Gasteiger partial charge in [-0.1, -0.05) is 26.2 Å². The summed E-state index contributed by atoms with van der Waals surface area (Å²) in [6.07, 6.45) is 4.59. The van der Waals surface area contributed by atoms with Gasteiger partial charge in [0.1, 0.15) is 0 Å². The highest BCUT2D eigenvalue weighted by molar-refractivity contribution is 5.88. The molecule has 0 saturated heterocycles. The number of hydrogen-bond acceptors (Lipinski definition) is 3. The molecule has 3 N–H and O–H groups in total. The number of carboxylic acid groups (broad SMARTS) is 1. The summed E-state index contributed by atoms with van der Waals surface area (Å²) >= 11 is 0. The lowest BCUT2D eigenvalue weighted by molar-refractivity contribution is -0.154. The van der Waals surface area contributed by atoms with Crippen LogP contribution in [0, 0.1) is 5.41 Å². The lowest BCUT2D eigenvalue weighted by atomic mass is 9.71. The van der Waals surface area contributed by atoms with Gasteiger partial charge in [0.05, 0.1) is 12.0 Å². The van der Waals surface area contributed by atoms with E-state index in [1.54, 1.807) is 0 Å². The topological polar surface area (TPSA) is 95.5 Å². The molecule has 0 aromatic heterocycles. The average molecular weight is 284 g/mol. The van der Waals surface area contributed by atoms with Crippen LogP contribution in [0.25, 0.3) is 0 Å². The van der Waals surface area contributed by atoms with E-state index < -0.39 is 11.4 Å². The van der Waals surface area contributed by atoms with E-state index in [9.17, 15) is 19.5 Å². The molecule has 6 nitrogen and oxygen atoms in total. The number of nitrogens with one attached hydrogen (secondary N) is 2. The second kappa shape index (κ2) is 7.87. The summed E-state index contributed by atoms with van der Waals surface area (Å²) in [5.74, 6) is -1.50. The highest BCUT2D eigenvalue weighted by Gasteiger charge is 2.41. The van der Waals surface area contributed by atoms with Gasteiger partial charge in [0.25, 0.3) is 0 Å². The fourth-order valence-corrected chi connectivity index (χ4v) is 2.57. The smallest absolute Gasteiger partial charge is 0.310 e. The Labute approximate surface area is 119 Å². The first-order valence-corrected chi connectivity index (χ1v) is 7.27. The number of hydrogen-bond donors (Lipinski definition) is 3. The summed E-state index contributed by atoms with van der Waals surface area (Å²) in [6, 6.07) is 0. The van der Waals surface area contributed by atoms with Crippen LogP contribution in [-0.4, -0.2) is 36.0 Å². The standard InChI is InChI=1S/C14H24N2O4/c1-2-8-15-12(18)10-16-11(17)9-14(13(19)20)6-4-3-5-7-14/h2-10H2,1H3,(H,15,18)(H,16,17)(H,19,20). The number of aliphatic carboxylic acids is 1. The zero-order valence-corrected chi connectivity index (χ0v) is 12.0. The third-order valence-electron chi connectivity index (χ3n) is 3.78. The molecule has 114 valence electrons. The quantitative estimate of drug-likeness (QED) is 0.651. The first kappa shape index (κ1) is 16.5. The average Bonchev–Trinajstić information content (AvgIpc) is 2.43. The molecule has 0 atom stereocenters. The van der Waals surface area contributed by atoms with Gasteiger partial charge in [-0.25, -0.2) is 0 Å². The van der Waals surface area contributed by atoms with E-state index in [4.69, 9.17) is 0 Å². The molecule has 1 rings (SSSR count). The van der Waals surface area contributed by atoms with E-state index >= 15 is 0 Å². The lowest BCUT2D eigenvalue weighted by Crippen LogP contribution is -2.42. The van der Waals surface area contributed by atoms with Crippen molar-refractivity contribution in [1.29, 1.82) is 0 Å². The molecule has 0 aliphatic heterocycles. The Balaban J connectivity index is 2.43. The first-order chi connectivity index (χ1) is 9.50. The molecule has 2 amide bonds. The second-order valence-corrected chi connectivity index (χ2v) is 5.45. The maximum atomic E-state index is 11.8. The van der Waals surface area contributed by atoms with Crippen LogP contribution in [0.3, 0.4) is 0 Å². The highest BCUT2D eigenvalue weighted by Crippen LogP contribution is 2.39. The van der Waals surface area contributed by atoms with Crippen LogP contribution < -0.4 is 10.6 Å². The maximum Gasteiger partial charge on any atom is 0.310 e. The van der Waals surface area contributed by atoms with Crippen LogP contribution >= 0.6 is 0 Å². The third-order valence-corrected chi connectivity index (χ3v) is 3.78. The van der Waals surface area contributed by atoms with Crippen LogP contribution in [0.15, 0.2) is 0 Å². The van der Waals surface area contributed by atoms with Gasteiger partial charge in [-0.05, 0) is 19.3 Å². The van der Waals surface area contributed by atoms with Crippen LogP contribution in [0.2, 0.25) is 0 Å². The summed E-state index contributed by atoms with van der Waals surface area (Å²) in [4.78, 5) is 34.6. The Kier molecular flexibility index (Phi) is 6.48. The molecular formula is C14H24N2O4. The number of carbonyl (C=O) groups is 3. The Morgan fingerprint density at radius 3 is 2.25 bits per heavy atom. The molecule has 0 unspecified atom stereocenters. The summed E-state index contributed by atoms with van der Waals surface area (Å²) < 4.78 is 0. The van der Waals surface area contributed by atoms with E-state index in [1.165, 1.54) is 0 Å². The van der Waals surface area contributed by atoms with Crippen molar-refractivity contribution in [2.75, 3.05) is 13.1 Å². The molecule has 0 radical (unpaired) electrons. The third kappa shape index (κ3) is 4.83. The van der Waals surface area contributed by atoms with Gasteiger partial charge in [-0.2, -0.15) is 0 Å². The van der Waals surface area contributed by atoms with Crippen molar-refractivity contribution in [2.45, 2.75) is 51.9 Å². The van der Waals surface area contributed by atoms with Crippen molar-refractivity contribution < 1.29 is 19.5 Å². The molecule has 1 aliphatic carbocycles. The van der Waals surface area contributed by atoms with Gasteiger partial charge in [-0.3, -0.25) is 14.4 Å². The zero-order valence-electron chi connectivity index (χ0n) is 12.0. The zero-order chi connectivity index (χ0) is 15.0. The van der Waals surface area contributed by atoms with Gasteiger partial charge in [0, 0.05) is 13.0 Å². The fourth-order valence-electron chi connectivity index (χ4n) is 2.57. The maximum absolute atomic E-state index is 11.8. The number of amides is 2. The van der Waals surface area contributed by atoms with E-state index in [1.807, 2.05) is 6.92 Å². The van der Waals surface area contributed by atoms with Crippen molar-refractivity contribution >= 4 is 17.8 Å². The van der Waals surface area contributed by atoms with Crippen molar-refractivity contribution in [3.8, 4) is 0 Å². The minimum atomic E-state index is -0.942. The minimum Gasteiger partial charge on any atom is -0.481 e. The van der Waals surface area contributed by atoms with Crippen molar-refractivity contribution in [3.05, 3.63) is 0 Å². The number of carbonyl (C=O) groups excluding carboxylic acids is 2. The van der Waals surface area contributed by atoms with Crippen molar-refractivity contribution in [3.63, 3.8) is 0 Å². The number of rotatable bonds is 7. The molecule has 1 aliphatic rings. The van der Waals surface area contributed by atoms with E-state index in [2.05, 4.69) is 10.6 Å². The molecule has 0 heterocycles. The van der Waals surface area contributed by atoms with Gasteiger partial charge >= 0.3 is 5.97 Å². The first-order valence-electron chi connectivity index (χ1n) is 7.27. The van der Waals surface area contributed by atoms with Gasteiger partial charge in [-0.15, -0.1) is 0 Å². The molecule has 20 heavy (non-hydrogen) atoms. The van der Waals surface area contributed by atoms with E-state index in [0.29, 0.717) is 19.4 Å². The monoisotopic (exact) mass is 284 g/mol. The van der Waals surface area contributed by atoms with Crippen LogP contribution in [-0.2, 0) is 14.4 Å². The van der Waals surface area contributed by atoms with Crippen LogP contribution in [0.1, 0.15) is 51.9 Å². The SMILES string of the molecule is CCCNC(=O)CNC(=O)CC1(C(=O)O)CCCCC1. The van der Waals surface area contributed by atoms with Gasteiger partial charge in [0.15, 0.2) is 0 Å². The molecular weight excluding hydrogens is 260 g/mol. The van der Waals surface area contributed by atoms with E-state index in [0.717, 1.165) is 25.7 Å². The Bertz CT molecular complexity index is 362. The minimum absolute atomic E-state index is 0.0383. The molecule has 0 spiro atoms. The summed E-state index contributed by atoms with van der Waals surface area (Å²) in [6.45, 7) is 2.43. The predicted octanol–water partition coefficient (Wildman–Crippen LogP) is 1.05. The molecule has 1 saturated carbocycles. The van der Waals surface area contributed by atoms with Crippen LogP contribution in [0.4, 0.5) is 0 Å². The predicted molar refractivity (Wildman–Crippen MR) is 74.1 cm³/mol. The largest absolute Gasteiger partial charge is 0.481 e. The molecule has 0 aromatic carbocycles. The fraction of sp³-hybridized carbons (Fsp3) is 0.786. The van der Waals surface area contributed by atoms with E-state index in [-0.39, 0.29) is 24.8 Å². The molecule has 0 aromatic rings. The Morgan fingerprint density at radius 2 is 1.70 bits per heavy atom. The summed E-state index contributed by atoms with van der Waals surface area (Å²) in [5.41, 5.74) is -0.942. The van der Waals surface area contributed by atoms with Gasteiger partial charge in [0.2, 0.25) is 11.8 Å². The lowest BCUT2D eigenvalue weighted by Gasteiger charge is -2.32. The van der Waals surface area contributed by atoms with Gasteiger partial charge < -0.3 is 15.7 Å². The Morgan fingerprint density at radius 1 is 1.05 bits per heavy atom. The molecule has 1 fully saturated rings. The normalized spacial score (nSPS) is 17.2. The summed E-state index contributed by atoms with van der Waals surface area (Å²) in [7, 11) is 0. The molecule has 0 bridgehead atoms. The van der Waals surface area contributed by atoms with Crippen molar-refractivity contribution in [2.24, 2.45) is 5.41 Å². The van der Waals surface area contributed by atoms with Crippen molar-refractivity contribution in [1.82, 2.24) is 10.6 Å². The van der Waals surface area contributed by atoms with Crippen LogP contribution in [0.5, 0.6) is 0 Å². The second-order valence-electron chi connectivity index (χ2n) is 5.45. The summed E-state index contributed by atoms with van der Waals surface area (Å²) in [5, 5.41) is 14.5. The Hall–Kier alpha value is -1.59. The molecule has 6 heteroatoms.